The summed E-state index contributed by atoms with van der Waals surface area (Å²) in [5.41, 5.74) is 6.07. The Bertz CT molecular complexity index is 1660. The van der Waals surface area contributed by atoms with E-state index in [-0.39, 0.29) is 24.2 Å². The summed E-state index contributed by atoms with van der Waals surface area (Å²) < 4.78 is 19.2. The molecule has 0 aliphatic carbocycles. The van der Waals surface area contributed by atoms with Gasteiger partial charge in [-0.1, -0.05) is 31.9 Å². The molecule has 0 amide bonds. The molecule has 0 aliphatic heterocycles. The molecule has 8 nitrogen and oxygen atoms in total. The number of hydrogen-bond donors (Lipinski definition) is 1. The highest BCUT2D eigenvalue weighted by atomic mass is 16.5. The van der Waals surface area contributed by atoms with Crippen molar-refractivity contribution in [2.75, 3.05) is 13.2 Å². The first-order valence-electron chi connectivity index (χ1n) is 15.5. The van der Waals surface area contributed by atoms with E-state index in [9.17, 15) is 9.90 Å². The number of aromatic nitrogens is 3. The quantitative estimate of drug-likeness (QED) is 0.125. The van der Waals surface area contributed by atoms with Gasteiger partial charge in [-0.3, -0.25) is 4.79 Å². The highest BCUT2D eigenvalue weighted by molar-refractivity contribution is 5.82. The summed E-state index contributed by atoms with van der Waals surface area (Å²) in [7, 11) is 0. The van der Waals surface area contributed by atoms with Gasteiger partial charge in [0, 0.05) is 29.7 Å². The normalized spacial score (nSPS) is 12.1. The second kappa shape index (κ2) is 14.6. The van der Waals surface area contributed by atoms with Crippen LogP contribution in [0.3, 0.4) is 0 Å². The Kier molecular flexibility index (Phi) is 10.9. The third-order valence-electron chi connectivity index (χ3n) is 7.46. The lowest BCUT2D eigenvalue weighted by atomic mass is 9.95. The third-order valence-corrected chi connectivity index (χ3v) is 7.46. The average molecular weight is 612 g/mol. The summed E-state index contributed by atoms with van der Waals surface area (Å²) >= 11 is 0. The van der Waals surface area contributed by atoms with E-state index in [1.54, 1.807) is 27.7 Å². The summed E-state index contributed by atoms with van der Waals surface area (Å²) in [5.74, 6) is 7.98. The molecule has 0 aliphatic rings. The molecule has 0 unspecified atom stereocenters. The largest absolute Gasteiger partial charge is 0.493 e. The van der Waals surface area contributed by atoms with Crippen LogP contribution < -0.4 is 9.47 Å². The smallest absolute Gasteiger partial charge is 0.307 e. The van der Waals surface area contributed by atoms with E-state index in [2.05, 4.69) is 45.6 Å². The van der Waals surface area contributed by atoms with Gasteiger partial charge in [-0.2, -0.15) is 5.10 Å². The van der Waals surface area contributed by atoms with E-state index in [1.807, 2.05) is 47.1 Å². The van der Waals surface area contributed by atoms with Gasteiger partial charge in [0.05, 0.1) is 31.2 Å². The van der Waals surface area contributed by atoms with Gasteiger partial charge in [0.2, 0.25) is 0 Å². The van der Waals surface area contributed by atoms with Crippen LogP contribution in [0.4, 0.5) is 0 Å². The molecule has 2 aromatic heterocycles. The predicted octanol–water partition coefficient (Wildman–Crippen LogP) is 7.32. The highest BCUT2D eigenvalue weighted by Gasteiger charge is 2.19. The fourth-order valence-electron chi connectivity index (χ4n) is 5.19. The number of rotatable bonds is 13. The summed E-state index contributed by atoms with van der Waals surface area (Å²) in [6.45, 7) is 16.6. The zero-order valence-corrected chi connectivity index (χ0v) is 27.7. The van der Waals surface area contributed by atoms with Gasteiger partial charge in [-0.25, -0.2) is 9.50 Å². The average Bonchev–Trinajstić information content (AvgIpc) is 3.40. The number of carbonyl (C=O) groups is 1. The standard InChI is InChI=1S/C37H45N3O5/c1-9-11-29(21-33(41)43-10-2)28-12-14-30(15-13-28)45-23-27-20-32(36-38-35(24(3)4)39-40(36)22-27)34-25(5)18-31(19-26(34)6)44-17-16-37(7,8)42/h12-15,18-20,22,24,29,42H,10,16-17,21,23H2,1-8H3/t29-/m0/s1. The van der Waals surface area contributed by atoms with E-state index in [0.29, 0.717) is 32.0 Å². The third kappa shape index (κ3) is 8.86. The lowest BCUT2D eigenvalue weighted by Crippen LogP contribution is -2.21. The number of benzene rings is 2. The molecular weight excluding hydrogens is 566 g/mol. The van der Waals surface area contributed by atoms with E-state index < -0.39 is 5.60 Å². The van der Waals surface area contributed by atoms with Gasteiger partial charge >= 0.3 is 5.97 Å². The maximum absolute atomic E-state index is 12.1. The van der Waals surface area contributed by atoms with Crippen LogP contribution in [0.25, 0.3) is 16.8 Å². The molecule has 0 radical (unpaired) electrons. The Labute approximate surface area is 266 Å². The van der Waals surface area contributed by atoms with Gasteiger partial charge < -0.3 is 19.3 Å². The monoisotopic (exact) mass is 611 g/mol. The molecule has 4 aromatic rings. The highest BCUT2D eigenvalue weighted by Crippen LogP contribution is 2.35. The molecule has 8 heteroatoms. The summed E-state index contributed by atoms with van der Waals surface area (Å²) in [6, 6.07) is 13.9. The first kappa shape index (κ1) is 33.5. The lowest BCUT2D eigenvalue weighted by molar-refractivity contribution is -0.143. The molecule has 0 fully saturated rings. The van der Waals surface area contributed by atoms with E-state index in [0.717, 1.165) is 50.6 Å². The molecule has 0 saturated carbocycles. The number of aryl methyl sites for hydroxylation is 2. The molecule has 1 N–H and O–H groups in total. The molecule has 0 saturated heterocycles. The topological polar surface area (TPSA) is 95.2 Å². The van der Waals surface area contributed by atoms with Crippen molar-refractivity contribution in [3.63, 3.8) is 0 Å². The minimum absolute atomic E-state index is 0.176. The van der Waals surface area contributed by atoms with Gasteiger partial charge in [0.25, 0.3) is 0 Å². The van der Waals surface area contributed by atoms with Crippen LogP contribution in [0, 0.1) is 25.7 Å². The molecule has 1 atom stereocenters. The Morgan fingerprint density at radius 1 is 1.04 bits per heavy atom. The fourth-order valence-corrected chi connectivity index (χ4v) is 5.19. The molecule has 4 rings (SSSR count). The van der Waals surface area contributed by atoms with Gasteiger partial charge in [0.15, 0.2) is 11.5 Å². The molecule has 2 aromatic carbocycles. The molecule has 0 spiro atoms. The minimum Gasteiger partial charge on any atom is -0.493 e. The number of esters is 1. The number of hydrogen-bond acceptors (Lipinski definition) is 7. The maximum atomic E-state index is 12.1. The van der Waals surface area contributed by atoms with Crippen molar-refractivity contribution in [3.8, 4) is 34.5 Å². The van der Waals surface area contributed by atoms with Crippen LogP contribution in [0.15, 0.2) is 48.7 Å². The number of nitrogens with zero attached hydrogens (tertiary/aromatic N) is 3. The van der Waals surface area contributed by atoms with Gasteiger partial charge in [-0.15, -0.1) is 5.92 Å². The number of fused-ring (bicyclic) bond motifs is 1. The Morgan fingerprint density at radius 3 is 2.33 bits per heavy atom. The molecule has 2 heterocycles. The van der Waals surface area contributed by atoms with Crippen LogP contribution in [0.2, 0.25) is 0 Å². The van der Waals surface area contributed by atoms with Crippen molar-refractivity contribution in [2.24, 2.45) is 0 Å². The van der Waals surface area contributed by atoms with Crippen molar-refractivity contribution < 1.29 is 24.1 Å². The van der Waals surface area contributed by atoms with E-state index >= 15 is 0 Å². The zero-order valence-electron chi connectivity index (χ0n) is 27.7. The van der Waals surface area contributed by atoms with Crippen LogP contribution in [0.1, 0.15) is 94.3 Å². The SMILES string of the molecule is CC#C[C@@H](CC(=O)OCC)c1ccc(OCc2cc(-c3c(C)cc(OCCC(C)(C)O)cc3C)c3nc(C(C)C)nn3c2)cc1. The van der Waals surface area contributed by atoms with Crippen LogP contribution >= 0.6 is 0 Å². The molecule has 0 bridgehead atoms. The van der Waals surface area contributed by atoms with E-state index in [1.165, 1.54) is 0 Å². The summed E-state index contributed by atoms with van der Waals surface area (Å²) in [5, 5.41) is 14.8. The zero-order chi connectivity index (χ0) is 32.7. The Balaban J connectivity index is 1.60. The number of pyridine rings is 1. The van der Waals surface area contributed by atoms with Crippen molar-refractivity contribution >= 4 is 11.6 Å². The maximum Gasteiger partial charge on any atom is 0.307 e. The second-order valence-corrected chi connectivity index (χ2v) is 12.3. The van der Waals surface area contributed by atoms with Gasteiger partial charge in [-0.05, 0) is 94.1 Å². The van der Waals surface area contributed by atoms with Crippen molar-refractivity contribution in [1.29, 1.82) is 0 Å². The predicted molar refractivity (Wildman–Crippen MR) is 177 cm³/mol. The van der Waals surface area contributed by atoms with Crippen LogP contribution in [0.5, 0.6) is 11.5 Å². The van der Waals surface area contributed by atoms with Crippen LogP contribution in [-0.4, -0.2) is 44.5 Å². The van der Waals surface area contributed by atoms with Crippen molar-refractivity contribution in [2.45, 2.75) is 92.3 Å². The Hall–Kier alpha value is -4.35. The summed E-state index contributed by atoms with van der Waals surface area (Å²) in [4.78, 5) is 17.0. The summed E-state index contributed by atoms with van der Waals surface area (Å²) in [6.07, 6.45) is 2.72. The van der Waals surface area contributed by atoms with Crippen LogP contribution in [-0.2, 0) is 16.1 Å². The number of ether oxygens (including phenoxy) is 3. The lowest BCUT2D eigenvalue weighted by Gasteiger charge is -2.19. The first-order valence-corrected chi connectivity index (χ1v) is 15.5. The molecule has 45 heavy (non-hydrogen) atoms. The second-order valence-electron chi connectivity index (χ2n) is 12.3. The van der Waals surface area contributed by atoms with E-state index in [4.69, 9.17) is 24.3 Å². The van der Waals surface area contributed by atoms with Crippen molar-refractivity contribution in [1.82, 2.24) is 14.6 Å². The minimum atomic E-state index is -0.780. The van der Waals surface area contributed by atoms with Gasteiger partial charge in [0.1, 0.15) is 18.1 Å². The first-order chi connectivity index (χ1) is 21.4. The Morgan fingerprint density at radius 2 is 1.73 bits per heavy atom. The fraction of sp³-hybridized carbons (Fsp3) is 0.432. The molecular formula is C37H45N3O5. The van der Waals surface area contributed by atoms with Crippen molar-refractivity contribution in [3.05, 3.63) is 76.7 Å². The number of carbonyl (C=O) groups excluding carboxylic acids is 1. The number of aliphatic hydroxyl groups is 1. The molecule has 238 valence electrons.